The van der Waals surface area contributed by atoms with Gasteiger partial charge >= 0.3 is 51.4 Å². The van der Waals surface area contributed by atoms with Crippen molar-refractivity contribution < 1.29 is 0 Å². The van der Waals surface area contributed by atoms with E-state index in [9.17, 15) is 0 Å². The van der Waals surface area contributed by atoms with Gasteiger partial charge in [-0.2, -0.15) is 0 Å². The monoisotopic (exact) mass is 147 g/mol. The van der Waals surface area contributed by atoms with E-state index in [0.717, 1.165) is 0 Å². The van der Waals surface area contributed by atoms with Crippen molar-refractivity contribution in [3.8, 4) is 0 Å². The van der Waals surface area contributed by atoms with Crippen LogP contribution in [0.1, 0.15) is 0 Å². The Kier molecular flexibility index (Phi) is 12.4. The molecule has 0 fully saturated rings. The van der Waals surface area contributed by atoms with E-state index < -0.39 is 0 Å². The quantitative estimate of drug-likeness (QED) is 0.384. The number of hydrogen-bond acceptors (Lipinski definition) is 2. The van der Waals surface area contributed by atoms with Crippen LogP contribution in [0.4, 0.5) is 0 Å². The minimum absolute atomic E-state index is 0. The van der Waals surface area contributed by atoms with E-state index in [1.807, 2.05) is 6.26 Å². The normalized spacial score (nSPS) is 6.17. The molecule has 0 aromatic heterocycles. The molecule has 0 amide bonds. The van der Waals surface area contributed by atoms with Crippen molar-refractivity contribution in [1.82, 2.24) is 0 Å². The first-order chi connectivity index (χ1) is 2.27. The van der Waals surface area contributed by atoms with E-state index in [-0.39, 0.29) is 51.4 Å². The molecule has 4 heteroatoms. The van der Waals surface area contributed by atoms with Gasteiger partial charge in [0, 0.05) is 0 Å². The van der Waals surface area contributed by atoms with Crippen LogP contribution in [-0.2, 0) is 0 Å². The number of nitrogens with two attached hydrogens (primary N) is 1. The van der Waals surface area contributed by atoms with E-state index >= 15 is 0 Å². The summed E-state index contributed by atoms with van der Waals surface area (Å²) < 4.78 is 0.505. The molecule has 0 rings (SSSR count). The van der Waals surface area contributed by atoms with Crippen LogP contribution in [-0.4, -0.2) is 62.0 Å². The fourth-order valence-corrected chi connectivity index (χ4v) is 0. The predicted octanol–water partition coefficient (Wildman–Crippen LogP) is -0.0555. The summed E-state index contributed by atoms with van der Waals surface area (Å²) in [6, 6.07) is 0. The zero-order valence-corrected chi connectivity index (χ0v) is 4.53. The third-order valence-corrected chi connectivity index (χ3v) is 1.10. The van der Waals surface area contributed by atoms with Crippen molar-refractivity contribution in [2.24, 2.45) is 5.73 Å². The van der Waals surface area contributed by atoms with Gasteiger partial charge in [-0.1, -0.05) is 12.2 Å². The van der Waals surface area contributed by atoms with Crippen molar-refractivity contribution in [3.63, 3.8) is 0 Å². The average Bonchev–Trinajstić information content (AvgIpc) is 1.38. The molecule has 2 N–H and O–H groups in total. The molecule has 0 bridgehead atoms. The molecule has 0 aliphatic rings. The SMILES string of the molecule is CSC(N)=S.[KH]. The minimum atomic E-state index is 0. The molecule has 0 saturated carbocycles. The van der Waals surface area contributed by atoms with Crippen molar-refractivity contribution in [2.45, 2.75) is 0 Å². The Labute approximate surface area is 89.8 Å². The second-order valence-corrected chi connectivity index (χ2v) is 2.07. The second-order valence-electron chi connectivity index (χ2n) is 0.523. The van der Waals surface area contributed by atoms with Gasteiger partial charge in [-0.05, 0) is 6.26 Å². The molecular formula is C2H6KNS2. The number of thioether (sulfide) groups is 1. The van der Waals surface area contributed by atoms with Gasteiger partial charge in [-0.25, -0.2) is 0 Å². The first-order valence-corrected chi connectivity index (χ1v) is 2.74. The van der Waals surface area contributed by atoms with Crippen LogP contribution in [0.2, 0.25) is 0 Å². The summed E-state index contributed by atoms with van der Waals surface area (Å²) >= 11 is 5.83. The summed E-state index contributed by atoms with van der Waals surface area (Å²) in [6.07, 6.45) is 1.85. The number of hydrogen-bond donors (Lipinski definition) is 1. The molecule has 6 heavy (non-hydrogen) atoms. The second kappa shape index (κ2) is 6.88. The molecule has 0 radical (unpaired) electrons. The first-order valence-electron chi connectivity index (χ1n) is 1.11. The number of thiocarbonyl (C=S) groups is 1. The molecule has 0 aromatic carbocycles. The van der Waals surface area contributed by atoms with Gasteiger partial charge in [0.2, 0.25) is 0 Å². The molecule has 0 atom stereocenters. The van der Waals surface area contributed by atoms with Gasteiger partial charge in [-0.15, -0.1) is 11.8 Å². The van der Waals surface area contributed by atoms with Crippen LogP contribution in [0.3, 0.4) is 0 Å². The topological polar surface area (TPSA) is 26.0 Å². The fourth-order valence-electron chi connectivity index (χ4n) is 0. The third-order valence-electron chi connectivity index (χ3n) is 0.201. The fraction of sp³-hybridized carbons (Fsp3) is 0.500. The van der Waals surface area contributed by atoms with Crippen molar-refractivity contribution >= 4 is 79.7 Å². The Bertz CT molecular complexity index is 46.8. The van der Waals surface area contributed by atoms with E-state index in [1.165, 1.54) is 11.8 Å². The van der Waals surface area contributed by atoms with E-state index in [2.05, 4.69) is 12.2 Å². The van der Waals surface area contributed by atoms with Gasteiger partial charge in [0.15, 0.2) is 0 Å². The molecule has 0 heterocycles. The van der Waals surface area contributed by atoms with Crippen LogP contribution < -0.4 is 5.73 Å². The Morgan fingerprint density at radius 3 is 2.00 bits per heavy atom. The predicted molar refractivity (Wildman–Crippen MR) is 37.4 cm³/mol. The van der Waals surface area contributed by atoms with Gasteiger partial charge in [-0.3, -0.25) is 0 Å². The van der Waals surface area contributed by atoms with Crippen molar-refractivity contribution in [2.75, 3.05) is 6.26 Å². The van der Waals surface area contributed by atoms with Crippen LogP contribution in [0.5, 0.6) is 0 Å². The van der Waals surface area contributed by atoms with Crippen LogP contribution in [0, 0.1) is 0 Å². The maximum absolute atomic E-state index is 4.99. The Morgan fingerprint density at radius 2 is 2.00 bits per heavy atom. The zero-order chi connectivity index (χ0) is 4.28. The summed E-state index contributed by atoms with van der Waals surface area (Å²) in [4.78, 5) is 0. The van der Waals surface area contributed by atoms with Gasteiger partial charge in [0.1, 0.15) is 4.32 Å². The summed E-state index contributed by atoms with van der Waals surface area (Å²) in [5.41, 5.74) is 4.99. The van der Waals surface area contributed by atoms with Crippen molar-refractivity contribution in [3.05, 3.63) is 0 Å². The molecule has 0 saturated heterocycles. The summed E-state index contributed by atoms with van der Waals surface area (Å²) in [7, 11) is 0. The first kappa shape index (κ1) is 10.8. The van der Waals surface area contributed by atoms with Gasteiger partial charge in [0.25, 0.3) is 0 Å². The molecule has 0 unspecified atom stereocenters. The molecular weight excluding hydrogens is 141 g/mol. The maximum atomic E-state index is 4.99. The van der Waals surface area contributed by atoms with E-state index in [1.54, 1.807) is 0 Å². The molecule has 0 aromatic rings. The van der Waals surface area contributed by atoms with Crippen LogP contribution in [0.25, 0.3) is 0 Å². The van der Waals surface area contributed by atoms with Gasteiger partial charge in [0.05, 0.1) is 0 Å². The summed E-state index contributed by atoms with van der Waals surface area (Å²) in [5, 5.41) is 0. The molecule has 1 nitrogen and oxygen atoms in total. The molecule has 32 valence electrons. The van der Waals surface area contributed by atoms with E-state index in [4.69, 9.17) is 5.73 Å². The number of rotatable bonds is 0. The molecule has 0 aliphatic heterocycles. The van der Waals surface area contributed by atoms with Crippen LogP contribution >= 0.6 is 24.0 Å². The zero-order valence-electron chi connectivity index (χ0n) is 2.89. The van der Waals surface area contributed by atoms with Crippen molar-refractivity contribution in [1.29, 1.82) is 0 Å². The molecule has 0 spiro atoms. The van der Waals surface area contributed by atoms with Crippen LogP contribution in [0.15, 0.2) is 0 Å². The summed E-state index contributed by atoms with van der Waals surface area (Å²) in [6.45, 7) is 0. The summed E-state index contributed by atoms with van der Waals surface area (Å²) in [5.74, 6) is 0. The van der Waals surface area contributed by atoms with Gasteiger partial charge < -0.3 is 5.73 Å². The van der Waals surface area contributed by atoms with E-state index in [0.29, 0.717) is 4.32 Å². The standard InChI is InChI=1S/C2H5NS2.K.H/c1-5-2(3)4;;/h1H3,(H2,3,4);;. The third kappa shape index (κ3) is 9.30. The molecule has 0 aliphatic carbocycles. The Morgan fingerprint density at radius 1 is 1.83 bits per heavy atom. The average molecular weight is 147 g/mol. The Hall–Kier alpha value is 1.88. The Balaban J connectivity index is 0.